The molecular weight excluding hydrogens is 188 g/mol. The van der Waals surface area contributed by atoms with Gasteiger partial charge in [0.25, 0.3) is 0 Å². The lowest BCUT2D eigenvalue weighted by molar-refractivity contribution is -0.119. The van der Waals surface area contributed by atoms with Gasteiger partial charge in [-0.1, -0.05) is 18.2 Å². The van der Waals surface area contributed by atoms with Crippen molar-refractivity contribution in [2.24, 2.45) is 5.92 Å². The maximum atomic E-state index is 11.8. The zero-order valence-corrected chi connectivity index (χ0v) is 8.94. The molecule has 3 nitrogen and oxygen atoms in total. The van der Waals surface area contributed by atoms with Crippen molar-refractivity contribution in [2.45, 2.75) is 6.42 Å². The van der Waals surface area contributed by atoms with E-state index in [4.69, 9.17) is 0 Å². The molecule has 1 aromatic rings. The van der Waals surface area contributed by atoms with Crippen molar-refractivity contribution in [1.82, 2.24) is 4.90 Å². The van der Waals surface area contributed by atoms with Gasteiger partial charge in [-0.25, -0.2) is 0 Å². The smallest absolute Gasteiger partial charge is 0.228 e. The van der Waals surface area contributed by atoms with Gasteiger partial charge in [-0.15, -0.1) is 0 Å². The van der Waals surface area contributed by atoms with Crippen molar-refractivity contribution < 1.29 is 4.79 Å². The second-order valence-corrected chi connectivity index (χ2v) is 4.10. The number of carbonyl (C=O) groups excluding carboxylic acids is 1. The number of likely N-dealkylation sites (tertiary alicyclic amines) is 1. The highest BCUT2D eigenvalue weighted by Crippen LogP contribution is 2.16. The van der Waals surface area contributed by atoms with Crippen molar-refractivity contribution in [3.05, 3.63) is 30.3 Å². The van der Waals surface area contributed by atoms with Crippen molar-refractivity contribution in [1.29, 1.82) is 0 Å². The number of amides is 1. The Morgan fingerprint density at radius 2 is 2.13 bits per heavy atom. The molecule has 1 aliphatic rings. The lowest BCUT2D eigenvalue weighted by Crippen LogP contribution is -2.25. The highest BCUT2D eigenvalue weighted by molar-refractivity contribution is 5.92. The summed E-state index contributed by atoms with van der Waals surface area (Å²) >= 11 is 0. The SMILES string of the molecule is CN1CCC(C(=O)Nc2ccccc2)C1. The third-order valence-electron chi connectivity index (χ3n) is 2.80. The van der Waals surface area contributed by atoms with Gasteiger partial charge in [-0.05, 0) is 32.1 Å². The minimum Gasteiger partial charge on any atom is -0.326 e. The van der Waals surface area contributed by atoms with Crippen LogP contribution in [0.25, 0.3) is 0 Å². The summed E-state index contributed by atoms with van der Waals surface area (Å²) in [5.74, 6) is 0.292. The average molecular weight is 204 g/mol. The van der Waals surface area contributed by atoms with E-state index in [1.54, 1.807) is 0 Å². The van der Waals surface area contributed by atoms with E-state index in [0.29, 0.717) is 0 Å². The molecule has 15 heavy (non-hydrogen) atoms. The first-order valence-corrected chi connectivity index (χ1v) is 5.30. The molecule has 1 unspecified atom stereocenters. The van der Waals surface area contributed by atoms with E-state index >= 15 is 0 Å². The first kappa shape index (κ1) is 10.2. The van der Waals surface area contributed by atoms with Crippen molar-refractivity contribution in [3.8, 4) is 0 Å². The zero-order chi connectivity index (χ0) is 10.7. The van der Waals surface area contributed by atoms with Gasteiger partial charge < -0.3 is 10.2 Å². The second-order valence-electron chi connectivity index (χ2n) is 4.10. The maximum absolute atomic E-state index is 11.8. The van der Waals surface area contributed by atoms with E-state index in [9.17, 15) is 4.79 Å². The van der Waals surface area contributed by atoms with Crippen LogP contribution in [0.5, 0.6) is 0 Å². The van der Waals surface area contributed by atoms with Crippen molar-refractivity contribution in [2.75, 3.05) is 25.5 Å². The van der Waals surface area contributed by atoms with Gasteiger partial charge >= 0.3 is 0 Å². The Morgan fingerprint density at radius 1 is 1.40 bits per heavy atom. The molecule has 1 atom stereocenters. The predicted molar refractivity (Wildman–Crippen MR) is 60.7 cm³/mol. The van der Waals surface area contributed by atoms with Gasteiger partial charge in [0.1, 0.15) is 0 Å². The molecule has 1 amide bonds. The van der Waals surface area contributed by atoms with Crippen LogP contribution in [0.4, 0.5) is 5.69 Å². The normalized spacial score (nSPS) is 21.5. The summed E-state index contributed by atoms with van der Waals surface area (Å²) in [6.45, 7) is 1.89. The average Bonchev–Trinajstić information content (AvgIpc) is 2.66. The Kier molecular flexibility index (Phi) is 3.02. The molecule has 1 aromatic carbocycles. The number of nitrogens with one attached hydrogen (secondary N) is 1. The third-order valence-corrected chi connectivity index (χ3v) is 2.80. The number of para-hydroxylation sites is 1. The topological polar surface area (TPSA) is 32.3 Å². The molecule has 2 rings (SSSR count). The quantitative estimate of drug-likeness (QED) is 0.793. The van der Waals surface area contributed by atoms with Crippen LogP contribution >= 0.6 is 0 Å². The second kappa shape index (κ2) is 4.45. The molecule has 1 heterocycles. The Hall–Kier alpha value is -1.35. The summed E-state index contributed by atoms with van der Waals surface area (Å²) in [6.07, 6.45) is 0.967. The van der Waals surface area contributed by atoms with Crippen LogP contribution in [0.2, 0.25) is 0 Å². The van der Waals surface area contributed by atoms with Crippen LogP contribution < -0.4 is 5.32 Å². The van der Waals surface area contributed by atoms with Crippen LogP contribution in [0.1, 0.15) is 6.42 Å². The largest absolute Gasteiger partial charge is 0.326 e. The zero-order valence-electron chi connectivity index (χ0n) is 8.94. The standard InChI is InChI=1S/C12H16N2O/c1-14-8-7-10(9-14)12(15)13-11-5-3-2-4-6-11/h2-6,10H,7-9H2,1H3,(H,13,15). The molecule has 0 saturated carbocycles. The fourth-order valence-corrected chi connectivity index (χ4v) is 1.91. The van der Waals surface area contributed by atoms with Crippen molar-refractivity contribution in [3.63, 3.8) is 0 Å². The highest BCUT2D eigenvalue weighted by atomic mass is 16.1. The van der Waals surface area contributed by atoms with E-state index in [0.717, 1.165) is 25.2 Å². The van der Waals surface area contributed by atoms with E-state index in [-0.39, 0.29) is 11.8 Å². The van der Waals surface area contributed by atoms with Gasteiger partial charge in [-0.3, -0.25) is 4.79 Å². The number of benzene rings is 1. The summed E-state index contributed by atoms with van der Waals surface area (Å²) in [7, 11) is 2.05. The monoisotopic (exact) mass is 204 g/mol. The number of rotatable bonds is 2. The molecule has 1 N–H and O–H groups in total. The van der Waals surface area contributed by atoms with Crippen LogP contribution in [-0.4, -0.2) is 30.9 Å². The van der Waals surface area contributed by atoms with E-state index < -0.39 is 0 Å². The van der Waals surface area contributed by atoms with E-state index in [1.165, 1.54) is 0 Å². The number of hydrogen-bond donors (Lipinski definition) is 1. The fraction of sp³-hybridized carbons (Fsp3) is 0.417. The molecule has 0 radical (unpaired) electrons. The van der Waals surface area contributed by atoms with E-state index in [2.05, 4.69) is 17.3 Å². The molecule has 3 heteroatoms. The molecule has 80 valence electrons. The Balaban J connectivity index is 1.93. The van der Waals surface area contributed by atoms with Crippen LogP contribution in [0, 0.1) is 5.92 Å². The predicted octanol–water partition coefficient (Wildman–Crippen LogP) is 1.58. The molecule has 0 bridgehead atoms. The molecule has 0 aromatic heterocycles. The summed E-state index contributed by atoms with van der Waals surface area (Å²) in [5.41, 5.74) is 0.886. The van der Waals surface area contributed by atoms with Gasteiger partial charge in [0, 0.05) is 12.2 Å². The van der Waals surface area contributed by atoms with Gasteiger partial charge in [0.2, 0.25) is 5.91 Å². The highest BCUT2D eigenvalue weighted by Gasteiger charge is 2.25. The first-order valence-electron chi connectivity index (χ1n) is 5.30. The Morgan fingerprint density at radius 3 is 2.73 bits per heavy atom. The molecule has 1 aliphatic heterocycles. The minimum absolute atomic E-state index is 0.144. The lowest BCUT2D eigenvalue weighted by atomic mass is 10.1. The lowest BCUT2D eigenvalue weighted by Gasteiger charge is -2.10. The fourth-order valence-electron chi connectivity index (χ4n) is 1.91. The number of carbonyl (C=O) groups is 1. The number of hydrogen-bond acceptors (Lipinski definition) is 2. The van der Waals surface area contributed by atoms with Crippen LogP contribution in [-0.2, 0) is 4.79 Å². The van der Waals surface area contributed by atoms with Gasteiger partial charge in [0.05, 0.1) is 5.92 Å². The van der Waals surface area contributed by atoms with Crippen molar-refractivity contribution >= 4 is 11.6 Å². The van der Waals surface area contributed by atoms with Crippen LogP contribution in [0.15, 0.2) is 30.3 Å². The Bertz CT molecular complexity index is 337. The molecule has 0 aliphatic carbocycles. The van der Waals surface area contributed by atoms with Gasteiger partial charge in [0.15, 0.2) is 0 Å². The Labute approximate surface area is 90.1 Å². The number of nitrogens with zero attached hydrogens (tertiary/aromatic N) is 1. The summed E-state index contributed by atoms with van der Waals surface area (Å²) in [4.78, 5) is 14.0. The summed E-state index contributed by atoms with van der Waals surface area (Å²) in [6, 6.07) is 9.62. The summed E-state index contributed by atoms with van der Waals surface area (Å²) in [5, 5.41) is 2.94. The number of anilines is 1. The molecule has 0 spiro atoms. The molecular formula is C12H16N2O. The minimum atomic E-state index is 0.144. The summed E-state index contributed by atoms with van der Waals surface area (Å²) < 4.78 is 0. The molecule has 1 saturated heterocycles. The molecule has 1 fully saturated rings. The maximum Gasteiger partial charge on any atom is 0.228 e. The third kappa shape index (κ3) is 2.57. The van der Waals surface area contributed by atoms with E-state index in [1.807, 2.05) is 30.3 Å². The first-order chi connectivity index (χ1) is 7.25. The van der Waals surface area contributed by atoms with Gasteiger partial charge in [-0.2, -0.15) is 0 Å². The van der Waals surface area contributed by atoms with Crippen LogP contribution in [0.3, 0.4) is 0 Å².